The van der Waals surface area contributed by atoms with E-state index in [-0.39, 0.29) is 12.0 Å². The summed E-state index contributed by atoms with van der Waals surface area (Å²) in [6.07, 6.45) is 8.00. The summed E-state index contributed by atoms with van der Waals surface area (Å²) in [5.41, 5.74) is 8.71. The molecule has 142 valence electrons. The molecule has 8 heteroatoms. The van der Waals surface area contributed by atoms with Gasteiger partial charge in [-0.05, 0) is 43.0 Å². The Morgan fingerprint density at radius 2 is 2.33 bits per heavy atom. The molecule has 0 spiro atoms. The van der Waals surface area contributed by atoms with Crippen LogP contribution in [0, 0.1) is 0 Å². The fourth-order valence-corrected chi connectivity index (χ4v) is 4.15. The maximum Gasteiger partial charge on any atom is 0.407 e. The van der Waals surface area contributed by atoms with Crippen molar-refractivity contribution in [1.29, 1.82) is 0 Å². The number of carbonyl (C=O) groups is 2. The fraction of sp³-hybridized carbons (Fsp3) is 0.316. The Morgan fingerprint density at radius 1 is 1.48 bits per heavy atom. The number of fused-ring (bicyclic) bond motifs is 1. The van der Waals surface area contributed by atoms with Gasteiger partial charge in [0.05, 0.1) is 5.69 Å². The maximum atomic E-state index is 12.2. The molecule has 2 aromatic rings. The minimum atomic E-state index is -0.399. The van der Waals surface area contributed by atoms with E-state index in [0.717, 1.165) is 28.8 Å². The van der Waals surface area contributed by atoms with E-state index in [9.17, 15) is 9.59 Å². The van der Waals surface area contributed by atoms with Gasteiger partial charge in [0.25, 0.3) is 0 Å². The number of nitrogens with zero attached hydrogens (tertiary/aromatic N) is 1. The lowest BCUT2D eigenvalue weighted by atomic mass is 9.95. The van der Waals surface area contributed by atoms with Gasteiger partial charge >= 0.3 is 6.09 Å². The lowest BCUT2D eigenvalue weighted by molar-refractivity contribution is -0.111. The number of nitrogens with two attached hydrogens (primary N) is 1. The number of hydrogen-bond donors (Lipinski definition) is 3. The van der Waals surface area contributed by atoms with Crippen molar-refractivity contribution >= 4 is 40.1 Å². The van der Waals surface area contributed by atoms with Crippen LogP contribution >= 0.6 is 11.3 Å². The molecule has 0 radical (unpaired) electrons. The zero-order valence-corrected chi connectivity index (χ0v) is 15.8. The second-order valence-electron chi connectivity index (χ2n) is 6.16. The molecule has 4 N–H and O–H groups in total. The molecule has 2 heterocycles. The van der Waals surface area contributed by atoms with Crippen LogP contribution in [0.4, 0.5) is 15.5 Å². The Balaban J connectivity index is 1.63. The SMILES string of the molecule is CCNC(=O)OC1CCc2c(sc(NC(=O)/C=C/c3cccnc3)c2N)C1. The van der Waals surface area contributed by atoms with Crippen LogP contribution in [0.1, 0.15) is 29.3 Å². The third-order valence-electron chi connectivity index (χ3n) is 4.20. The van der Waals surface area contributed by atoms with Crippen LogP contribution in [-0.4, -0.2) is 29.6 Å². The van der Waals surface area contributed by atoms with Gasteiger partial charge in [-0.1, -0.05) is 6.07 Å². The number of anilines is 2. The zero-order chi connectivity index (χ0) is 19.2. The van der Waals surface area contributed by atoms with Crippen LogP contribution in [0.25, 0.3) is 6.08 Å². The molecule has 27 heavy (non-hydrogen) atoms. The standard InChI is InChI=1S/C19H22N4O3S/c1-2-22-19(25)26-13-6-7-14-15(10-13)27-18(17(14)20)23-16(24)8-5-12-4-3-9-21-11-12/h3-5,8-9,11,13H,2,6-7,10,20H2,1H3,(H,22,25)(H,23,24)/b8-5+. The molecule has 1 unspecified atom stereocenters. The number of nitrogen functional groups attached to an aromatic ring is 1. The Hall–Kier alpha value is -2.87. The first-order chi connectivity index (χ1) is 13.1. The van der Waals surface area contributed by atoms with Crippen molar-refractivity contribution in [3.8, 4) is 0 Å². The minimum absolute atomic E-state index is 0.170. The first kappa shape index (κ1) is 18.9. The van der Waals surface area contributed by atoms with Crippen LogP contribution in [0.3, 0.4) is 0 Å². The zero-order valence-electron chi connectivity index (χ0n) is 15.0. The highest BCUT2D eigenvalue weighted by Crippen LogP contribution is 2.40. The smallest absolute Gasteiger partial charge is 0.407 e. The van der Waals surface area contributed by atoms with Crippen molar-refractivity contribution in [3.05, 3.63) is 46.6 Å². The molecule has 2 amide bonds. The van der Waals surface area contributed by atoms with E-state index in [0.29, 0.717) is 23.7 Å². The van der Waals surface area contributed by atoms with Gasteiger partial charge in [-0.3, -0.25) is 9.78 Å². The molecule has 1 atom stereocenters. The number of pyridine rings is 1. The van der Waals surface area contributed by atoms with Gasteiger partial charge in [0.15, 0.2) is 0 Å². The summed E-state index contributed by atoms with van der Waals surface area (Å²) in [6.45, 7) is 2.38. The molecule has 1 aliphatic rings. The molecule has 0 aliphatic heterocycles. The monoisotopic (exact) mass is 386 g/mol. The first-order valence-corrected chi connectivity index (χ1v) is 9.62. The number of amides is 2. The summed E-state index contributed by atoms with van der Waals surface area (Å²) in [5, 5.41) is 6.11. The van der Waals surface area contributed by atoms with E-state index < -0.39 is 6.09 Å². The van der Waals surface area contributed by atoms with E-state index in [4.69, 9.17) is 10.5 Å². The topological polar surface area (TPSA) is 106 Å². The van der Waals surface area contributed by atoms with Crippen molar-refractivity contribution in [2.45, 2.75) is 32.3 Å². The van der Waals surface area contributed by atoms with Crippen molar-refractivity contribution in [2.75, 3.05) is 17.6 Å². The van der Waals surface area contributed by atoms with Crippen molar-refractivity contribution in [3.63, 3.8) is 0 Å². The third kappa shape index (κ3) is 4.85. The lowest BCUT2D eigenvalue weighted by Crippen LogP contribution is -2.31. The molecule has 0 fully saturated rings. The Labute approximate surface area is 161 Å². The Morgan fingerprint density at radius 3 is 3.07 bits per heavy atom. The predicted molar refractivity (Wildman–Crippen MR) is 107 cm³/mol. The number of rotatable bonds is 5. The normalized spacial score (nSPS) is 16.0. The van der Waals surface area contributed by atoms with Gasteiger partial charge in [-0.25, -0.2) is 4.79 Å². The molecular formula is C19H22N4O3S. The number of nitrogens with one attached hydrogen (secondary N) is 2. The van der Waals surface area contributed by atoms with Gasteiger partial charge in [0, 0.05) is 36.3 Å². The van der Waals surface area contributed by atoms with Gasteiger partial charge in [0.2, 0.25) is 5.91 Å². The number of aromatic nitrogens is 1. The van der Waals surface area contributed by atoms with E-state index in [1.165, 1.54) is 17.4 Å². The van der Waals surface area contributed by atoms with Crippen LogP contribution in [0.5, 0.6) is 0 Å². The first-order valence-electron chi connectivity index (χ1n) is 8.80. The number of hydrogen-bond acceptors (Lipinski definition) is 6. The average molecular weight is 386 g/mol. The lowest BCUT2D eigenvalue weighted by Gasteiger charge is -2.22. The second-order valence-corrected chi connectivity index (χ2v) is 7.26. The van der Waals surface area contributed by atoms with Gasteiger partial charge in [0.1, 0.15) is 11.1 Å². The molecule has 7 nitrogen and oxygen atoms in total. The summed E-state index contributed by atoms with van der Waals surface area (Å²) < 4.78 is 5.42. The van der Waals surface area contributed by atoms with E-state index in [1.807, 2.05) is 19.1 Å². The second kappa shape index (κ2) is 8.68. The highest BCUT2D eigenvalue weighted by Gasteiger charge is 2.27. The molecule has 2 aromatic heterocycles. The highest BCUT2D eigenvalue weighted by molar-refractivity contribution is 7.17. The predicted octanol–water partition coefficient (Wildman–Crippen LogP) is 2.98. The molecule has 0 aromatic carbocycles. The summed E-state index contributed by atoms with van der Waals surface area (Å²) in [7, 11) is 0. The molecular weight excluding hydrogens is 364 g/mol. The van der Waals surface area contributed by atoms with E-state index >= 15 is 0 Å². The van der Waals surface area contributed by atoms with Gasteiger partial charge in [-0.2, -0.15) is 0 Å². The van der Waals surface area contributed by atoms with E-state index in [2.05, 4.69) is 15.6 Å². The minimum Gasteiger partial charge on any atom is -0.446 e. The molecule has 0 bridgehead atoms. The molecule has 1 aliphatic carbocycles. The maximum absolute atomic E-state index is 12.2. The number of carbonyl (C=O) groups excluding carboxylic acids is 2. The number of thiophene rings is 1. The van der Waals surface area contributed by atoms with Crippen LogP contribution in [-0.2, 0) is 22.4 Å². The Kier molecular flexibility index (Phi) is 6.08. The van der Waals surface area contributed by atoms with Gasteiger partial charge in [-0.15, -0.1) is 11.3 Å². The number of alkyl carbamates (subject to hydrolysis) is 1. The average Bonchev–Trinajstić information content (AvgIpc) is 2.96. The van der Waals surface area contributed by atoms with Crippen molar-refractivity contribution < 1.29 is 14.3 Å². The summed E-state index contributed by atoms with van der Waals surface area (Å²) in [4.78, 5) is 28.9. The Bertz CT molecular complexity index is 848. The molecule has 0 saturated carbocycles. The van der Waals surface area contributed by atoms with Crippen LogP contribution < -0.4 is 16.4 Å². The van der Waals surface area contributed by atoms with Gasteiger partial charge < -0.3 is 21.1 Å². The third-order valence-corrected chi connectivity index (χ3v) is 5.39. The number of ether oxygens (including phenoxy) is 1. The molecule has 0 saturated heterocycles. The summed E-state index contributed by atoms with van der Waals surface area (Å²) in [6, 6.07) is 3.67. The van der Waals surface area contributed by atoms with Crippen LogP contribution in [0.15, 0.2) is 30.6 Å². The largest absolute Gasteiger partial charge is 0.446 e. The fourth-order valence-electron chi connectivity index (χ4n) is 2.91. The van der Waals surface area contributed by atoms with Crippen molar-refractivity contribution in [1.82, 2.24) is 10.3 Å². The van der Waals surface area contributed by atoms with Crippen LogP contribution in [0.2, 0.25) is 0 Å². The van der Waals surface area contributed by atoms with Crippen molar-refractivity contribution in [2.24, 2.45) is 0 Å². The van der Waals surface area contributed by atoms with E-state index in [1.54, 1.807) is 18.5 Å². The summed E-state index contributed by atoms with van der Waals surface area (Å²) in [5.74, 6) is -0.251. The highest BCUT2D eigenvalue weighted by atomic mass is 32.1. The summed E-state index contributed by atoms with van der Waals surface area (Å²) >= 11 is 1.44. The molecule has 3 rings (SSSR count). The quantitative estimate of drug-likeness (QED) is 0.685.